The molecule has 2 heterocycles. The molecule has 51 heavy (non-hydrogen) atoms. The quantitative estimate of drug-likeness (QED) is 0.268. The van der Waals surface area contributed by atoms with Crippen LogP contribution in [-0.4, -0.2) is 83.2 Å². The van der Waals surface area contributed by atoms with Crippen LogP contribution in [0, 0.1) is 12.3 Å². The van der Waals surface area contributed by atoms with Crippen LogP contribution < -0.4 is 20.1 Å². The van der Waals surface area contributed by atoms with Crippen molar-refractivity contribution in [3.63, 3.8) is 0 Å². The van der Waals surface area contributed by atoms with Crippen molar-refractivity contribution in [1.82, 2.24) is 25.2 Å². The molecule has 0 spiro atoms. The molecule has 0 bridgehead atoms. The van der Waals surface area contributed by atoms with Crippen LogP contribution >= 0.6 is 0 Å². The number of amides is 4. The molecule has 278 valence electrons. The highest BCUT2D eigenvalue weighted by atomic mass is 32.2. The van der Waals surface area contributed by atoms with Crippen LogP contribution in [0.4, 0.5) is 4.79 Å². The van der Waals surface area contributed by atoms with E-state index in [4.69, 9.17) is 9.47 Å². The Hall–Kier alpha value is -4.46. The molecule has 1 aliphatic carbocycles. The number of benzene rings is 1. The summed E-state index contributed by atoms with van der Waals surface area (Å²) >= 11 is 0. The standard InChI is InChI=1S/C37H51N5O8S/c1-10-37(11-2,33(45)41-51(47,48)27-17-18-27)40-31(43)29-21-26(49-25-19-23(3)38-28(20-25)24-15-13-12-14-16-24)22-42(29)32(44)30(35(4,5)6)39-34(46)50-36(7,8)9/h10,12-16,19-20,26-27,29-30H,1,11,17-18,21-22H2,2-9H3,(H,39,46)(H,40,43)(H,41,45)/t26-,29+,30-,37+/m1/s1. The van der Waals surface area contributed by atoms with Gasteiger partial charge in [-0.2, -0.15) is 0 Å². The maximum absolute atomic E-state index is 14.4. The Balaban J connectivity index is 1.67. The van der Waals surface area contributed by atoms with Crippen molar-refractivity contribution in [3.8, 4) is 17.0 Å². The summed E-state index contributed by atoms with van der Waals surface area (Å²) < 4.78 is 39.3. The van der Waals surface area contributed by atoms with Crippen LogP contribution in [-0.2, 0) is 29.1 Å². The number of pyridine rings is 1. The molecule has 0 unspecified atom stereocenters. The van der Waals surface area contributed by atoms with E-state index >= 15 is 0 Å². The van der Waals surface area contributed by atoms with Gasteiger partial charge in [-0.25, -0.2) is 13.2 Å². The lowest BCUT2D eigenvalue weighted by molar-refractivity contribution is -0.143. The number of nitrogens with one attached hydrogen (secondary N) is 3. The zero-order valence-electron chi connectivity index (χ0n) is 30.7. The van der Waals surface area contributed by atoms with Gasteiger partial charge in [0.2, 0.25) is 21.8 Å². The summed E-state index contributed by atoms with van der Waals surface area (Å²) in [6.45, 7) is 17.6. The smallest absolute Gasteiger partial charge is 0.408 e. The van der Waals surface area contributed by atoms with Gasteiger partial charge in [0.15, 0.2) is 0 Å². The molecule has 14 heteroatoms. The summed E-state index contributed by atoms with van der Waals surface area (Å²) in [6, 6.07) is 10.8. The molecule has 2 aliphatic rings. The van der Waals surface area contributed by atoms with E-state index < -0.39 is 73.8 Å². The maximum atomic E-state index is 14.4. The number of likely N-dealkylation sites (tertiary alicyclic amines) is 1. The van der Waals surface area contributed by atoms with Crippen molar-refractivity contribution in [1.29, 1.82) is 0 Å². The molecule has 1 aromatic heterocycles. The molecule has 13 nitrogen and oxygen atoms in total. The Kier molecular flexibility index (Phi) is 11.6. The third-order valence-corrected chi connectivity index (χ3v) is 10.6. The molecule has 3 N–H and O–H groups in total. The molecule has 2 fully saturated rings. The van der Waals surface area contributed by atoms with Gasteiger partial charge < -0.3 is 25.0 Å². The minimum atomic E-state index is -3.93. The fourth-order valence-corrected chi connectivity index (χ4v) is 7.21. The molecular weight excluding hydrogens is 675 g/mol. The first-order chi connectivity index (χ1) is 23.7. The number of carbonyl (C=O) groups excluding carboxylic acids is 4. The lowest BCUT2D eigenvalue weighted by Crippen LogP contribution is -2.63. The fourth-order valence-electron chi connectivity index (χ4n) is 5.85. The van der Waals surface area contributed by atoms with E-state index in [0.29, 0.717) is 30.0 Å². The largest absolute Gasteiger partial charge is 0.488 e. The highest BCUT2D eigenvalue weighted by Crippen LogP contribution is 2.32. The highest BCUT2D eigenvalue weighted by molar-refractivity contribution is 7.91. The molecule has 2 aromatic rings. The first-order valence-electron chi connectivity index (χ1n) is 17.2. The van der Waals surface area contributed by atoms with Gasteiger partial charge in [0, 0.05) is 29.8 Å². The number of hydrogen-bond donors (Lipinski definition) is 3. The second-order valence-corrected chi connectivity index (χ2v) is 17.3. The van der Waals surface area contributed by atoms with Crippen molar-refractivity contribution in [3.05, 3.63) is 60.8 Å². The number of alkyl carbamates (subject to hydrolysis) is 1. The average Bonchev–Trinajstić information content (AvgIpc) is 3.82. The summed E-state index contributed by atoms with van der Waals surface area (Å²) in [5.74, 6) is -1.73. The number of aromatic nitrogens is 1. The average molecular weight is 726 g/mol. The summed E-state index contributed by atoms with van der Waals surface area (Å²) in [4.78, 5) is 61.0. The van der Waals surface area contributed by atoms with Gasteiger partial charge in [-0.05, 0) is 52.4 Å². The van der Waals surface area contributed by atoms with Crippen molar-refractivity contribution in [2.24, 2.45) is 5.41 Å². The van der Waals surface area contributed by atoms with Crippen LogP contribution in [0.15, 0.2) is 55.1 Å². The molecule has 0 radical (unpaired) electrons. The third-order valence-electron chi connectivity index (χ3n) is 8.78. The van der Waals surface area contributed by atoms with Gasteiger partial charge >= 0.3 is 6.09 Å². The molecule has 4 rings (SSSR count). The van der Waals surface area contributed by atoms with Crippen molar-refractivity contribution in [2.45, 2.75) is 116 Å². The van der Waals surface area contributed by atoms with Crippen LogP contribution in [0.3, 0.4) is 0 Å². The van der Waals surface area contributed by atoms with E-state index in [1.54, 1.807) is 60.6 Å². The zero-order valence-corrected chi connectivity index (χ0v) is 31.6. The van der Waals surface area contributed by atoms with Crippen molar-refractivity contribution >= 4 is 33.8 Å². The number of rotatable bonds is 12. The summed E-state index contributed by atoms with van der Waals surface area (Å²) in [6.07, 6.45) is 0.623. The minimum Gasteiger partial charge on any atom is -0.488 e. The van der Waals surface area contributed by atoms with Gasteiger partial charge in [-0.1, -0.05) is 64.1 Å². The van der Waals surface area contributed by atoms with Crippen LogP contribution in [0.5, 0.6) is 5.75 Å². The van der Waals surface area contributed by atoms with Crippen LogP contribution in [0.1, 0.15) is 79.8 Å². The third kappa shape index (κ3) is 9.87. The number of ether oxygens (including phenoxy) is 2. The first kappa shape index (κ1) is 39.3. The minimum absolute atomic E-state index is 0.0156. The molecule has 1 saturated carbocycles. The zero-order chi connectivity index (χ0) is 37.9. The SMILES string of the molecule is C=C[C@@](CC)(NC(=O)[C@@H]1C[C@@H](Oc2cc(C)nc(-c3ccccc3)c2)CN1C(=O)[C@@H](NC(=O)OC(C)(C)C)C(C)(C)C)C(=O)NS(=O)(=O)C1CC1. The molecule has 1 saturated heterocycles. The second-order valence-electron chi connectivity index (χ2n) is 15.3. The molecular formula is C37H51N5O8S. The summed E-state index contributed by atoms with van der Waals surface area (Å²) in [5.41, 5.74) is -1.16. The number of nitrogens with zero attached hydrogens (tertiary/aromatic N) is 2. The van der Waals surface area contributed by atoms with E-state index in [0.717, 1.165) is 5.56 Å². The van der Waals surface area contributed by atoms with E-state index in [2.05, 4.69) is 26.9 Å². The van der Waals surface area contributed by atoms with Crippen molar-refractivity contribution < 1.29 is 37.1 Å². The maximum Gasteiger partial charge on any atom is 0.408 e. The van der Waals surface area contributed by atoms with Crippen molar-refractivity contribution in [2.75, 3.05) is 6.54 Å². The summed E-state index contributed by atoms with van der Waals surface area (Å²) in [7, 11) is -3.93. The Morgan fingerprint density at radius 2 is 1.71 bits per heavy atom. The van der Waals surface area contributed by atoms with E-state index in [1.165, 1.54) is 11.0 Å². The Bertz CT molecular complexity index is 1750. The number of aryl methyl sites for hydroxylation is 1. The molecule has 4 atom stereocenters. The van der Waals surface area contributed by atoms with Gasteiger partial charge in [0.05, 0.1) is 17.5 Å². The predicted octanol–water partition coefficient (Wildman–Crippen LogP) is 4.40. The van der Waals surface area contributed by atoms with Gasteiger partial charge in [0.25, 0.3) is 5.91 Å². The second kappa shape index (κ2) is 15.0. The Morgan fingerprint density at radius 1 is 1.06 bits per heavy atom. The van der Waals surface area contributed by atoms with Gasteiger partial charge in [0.1, 0.15) is 35.1 Å². The topological polar surface area (TPSA) is 173 Å². The highest BCUT2D eigenvalue weighted by Gasteiger charge is 2.49. The van der Waals surface area contributed by atoms with Gasteiger partial charge in [-0.3, -0.25) is 24.1 Å². The van der Waals surface area contributed by atoms with Gasteiger partial charge in [-0.15, -0.1) is 6.58 Å². The van der Waals surface area contributed by atoms with Crippen LogP contribution in [0.25, 0.3) is 11.3 Å². The monoisotopic (exact) mass is 725 g/mol. The molecule has 4 amide bonds. The number of carbonyl (C=O) groups is 4. The predicted molar refractivity (Wildman–Crippen MR) is 193 cm³/mol. The Morgan fingerprint density at radius 3 is 2.25 bits per heavy atom. The van der Waals surface area contributed by atoms with E-state index in [1.807, 2.05) is 37.3 Å². The number of sulfonamides is 1. The first-order valence-corrected chi connectivity index (χ1v) is 18.7. The normalized spacial score (nSPS) is 19.6. The fraction of sp³-hybridized carbons (Fsp3) is 0.541. The molecule has 1 aromatic carbocycles. The lowest BCUT2D eigenvalue weighted by atomic mass is 9.85. The molecule has 1 aliphatic heterocycles. The van der Waals surface area contributed by atoms with E-state index in [9.17, 15) is 27.6 Å². The lowest BCUT2D eigenvalue weighted by Gasteiger charge is -2.36. The summed E-state index contributed by atoms with van der Waals surface area (Å²) in [5, 5.41) is 4.74. The van der Waals surface area contributed by atoms with Crippen LogP contribution in [0.2, 0.25) is 0 Å². The van der Waals surface area contributed by atoms with E-state index in [-0.39, 0.29) is 19.4 Å². The number of hydrogen-bond acceptors (Lipinski definition) is 9. The Labute approximate surface area is 301 Å².